The minimum Gasteiger partial charge on any atom is -0.207 e. The van der Waals surface area contributed by atoms with Crippen molar-refractivity contribution in [3.05, 3.63) is 29.8 Å². The minimum atomic E-state index is -3.31. The van der Waals surface area contributed by atoms with Crippen molar-refractivity contribution in [2.45, 2.75) is 35.5 Å². The minimum absolute atomic E-state index is 0.191. The maximum absolute atomic E-state index is 12.3. The molecule has 0 atom stereocenters. The van der Waals surface area contributed by atoms with Gasteiger partial charge >= 0.3 is 0 Å². The molecule has 3 nitrogen and oxygen atoms in total. The molecule has 1 aliphatic rings. The third kappa shape index (κ3) is 2.56. The number of benzene rings is 1. The fourth-order valence-electron chi connectivity index (χ4n) is 1.86. The van der Waals surface area contributed by atoms with Gasteiger partial charge in [0, 0.05) is 18.4 Å². The van der Waals surface area contributed by atoms with Crippen LogP contribution in [0.2, 0.25) is 0 Å². The first kappa shape index (κ1) is 13.1. The Balaban J connectivity index is 2.23. The average Bonchev–Trinajstić information content (AvgIpc) is 2.27. The average molecular weight is 318 g/mol. The van der Waals surface area contributed by atoms with E-state index in [0.717, 1.165) is 30.2 Å². The highest BCUT2D eigenvalue weighted by Gasteiger charge is 2.31. The van der Waals surface area contributed by atoms with E-state index in [2.05, 4.69) is 15.9 Å². The molecule has 1 aromatic rings. The molecule has 0 heterocycles. The normalized spacial score (nSPS) is 17.1. The van der Waals surface area contributed by atoms with E-state index >= 15 is 0 Å². The van der Waals surface area contributed by atoms with Crippen LogP contribution in [0.3, 0.4) is 0 Å². The molecular formula is C12H16BrNO2S. The van der Waals surface area contributed by atoms with Gasteiger partial charge in [-0.05, 0) is 30.5 Å². The Morgan fingerprint density at radius 2 is 1.88 bits per heavy atom. The standard InChI is InChI=1S/C12H16BrNO2S/c1-14(11-3-2-4-11)17(15,16)12-7-5-10(9-13)6-8-12/h5-8,11H,2-4,9H2,1H3. The first-order valence-electron chi connectivity index (χ1n) is 5.68. The molecule has 0 saturated heterocycles. The van der Waals surface area contributed by atoms with E-state index < -0.39 is 10.0 Å². The highest BCUT2D eigenvalue weighted by atomic mass is 79.9. The van der Waals surface area contributed by atoms with E-state index in [1.807, 2.05) is 12.1 Å². The summed E-state index contributed by atoms with van der Waals surface area (Å²) in [5.74, 6) is 0. The largest absolute Gasteiger partial charge is 0.243 e. The molecule has 94 valence electrons. The Labute approximate surface area is 111 Å². The maximum Gasteiger partial charge on any atom is 0.243 e. The van der Waals surface area contributed by atoms with Crippen molar-refractivity contribution in [2.24, 2.45) is 0 Å². The molecule has 0 unspecified atom stereocenters. The third-order valence-corrected chi connectivity index (χ3v) is 5.92. The molecule has 0 amide bonds. The lowest BCUT2D eigenvalue weighted by Crippen LogP contribution is -2.41. The predicted molar refractivity (Wildman–Crippen MR) is 71.7 cm³/mol. The maximum atomic E-state index is 12.3. The molecule has 0 radical (unpaired) electrons. The number of sulfonamides is 1. The zero-order valence-corrected chi connectivity index (χ0v) is 12.2. The van der Waals surface area contributed by atoms with Gasteiger partial charge in [-0.15, -0.1) is 0 Å². The van der Waals surface area contributed by atoms with Gasteiger partial charge in [0.15, 0.2) is 0 Å². The fraction of sp³-hybridized carbons (Fsp3) is 0.500. The van der Waals surface area contributed by atoms with Crippen LogP contribution in [-0.4, -0.2) is 25.8 Å². The van der Waals surface area contributed by atoms with Crippen molar-refractivity contribution in [1.82, 2.24) is 4.31 Å². The second-order valence-electron chi connectivity index (χ2n) is 4.38. The highest BCUT2D eigenvalue weighted by Crippen LogP contribution is 2.28. The molecule has 1 saturated carbocycles. The van der Waals surface area contributed by atoms with Gasteiger partial charge in [-0.3, -0.25) is 0 Å². The lowest BCUT2D eigenvalue weighted by molar-refractivity contribution is 0.249. The SMILES string of the molecule is CN(C1CCC1)S(=O)(=O)c1ccc(CBr)cc1. The third-order valence-electron chi connectivity index (χ3n) is 3.34. The molecule has 2 rings (SSSR count). The van der Waals surface area contributed by atoms with Gasteiger partial charge in [0.1, 0.15) is 0 Å². The zero-order valence-electron chi connectivity index (χ0n) is 9.77. The van der Waals surface area contributed by atoms with Crippen molar-refractivity contribution < 1.29 is 8.42 Å². The molecule has 1 aliphatic carbocycles. The molecule has 5 heteroatoms. The molecule has 1 fully saturated rings. The Hall–Kier alpha value is -0.390. The summed E-state index contributed by atoms with van der Waals surface area (Å²) in [6, 6.07) is 7.24. The van der Waals surface area contributed by atoms with Gasteiger partial charge in [-0.1, -0.05) is 34.5 Å². The Morgan fingerprint density at radius 3 is 2.29 bits per heavy atom. The summed E-state index contributed by atoms with van der Waals surface area (Å²) in [7, 11) is -1.63. The molecule has 0 bridgehead atoms. The van der Waals surface area contributed by atoms with Crippen LogP contribution < -0.4 is 0 Å². The summed E-state index contributed by atoms with van der Waals surface area (Å²) in [4.78, 5) is 0.386. The Morgan fingerprint density at radius 1 is 1.29 bits per heavy atom. The summed E-state index contributed by atoms with van der Waals surface area (Å²) in [5, 5.41) is 0.742. The van der Waals surface area contributed by atoms with Crippen LogP contribution in [0.25, 0.3) is 0 Å². The van der Waals surface area contributed by atoms with Gasteiger partial charge in [-0.25, -0.2) is 8.42 Å². The lowest BCUT2D eigenvalue weighted by Gasteiger charge is -2.33. The van der Waals surface area contributed by atoms with Crippen LogP contribution in [0.1, 0.15) is 24.8 Å². The van der Waals surface area contributed by atoms with Crippen molar-refractivity contribution in [1.29, 1.82) is 0 Å². The van der Waals surface area contributed by atoms with Crippen molar-refractivity contribution in [3.8, 4) is 0 Å². The second kappa shape index (κ2) is 5.08. The topological polar surface area (TPSA) is 37.4 Å². The van der Waals surface area contributed by atoms with Crippen molar-refractivity contribution in [2.75, 3.05) is 7.05 Å². The van der Waals surface area contributed by atoms with E-state index in [-0.39, 0.29) is 6.04 Å². The Bertz CT molecular complexity index is 480. The van der Waals surface area contributed by atoms with Crippen LogP contribution in [0.15, 0.2) is 29.2 Å². The Kier molecular flexibility index (Phi) is 3.90. The lowest BCUT2D eigenvalue weighted by atomic mass is 9.94. The zero-order chi connectivity index (χ0) is 12.5. The molecule has 1 aromatic carbocycles. The van der Waals surface area contributed by atoms with Gasteiger partial charge in [-0.2, -0.15) is 4.31 Å². The van der Waals surface area contributed by atoms with E-state index in [1.54, 1.807) is 19.2 Å². The van der Waals surface area contributed by atoms with Crippen LogP contribution in [0, 0.1) is 0 Å². The van der Waals surface area contributed by atoms with E-state index in [9.17, 15) is 8.42 Å². The number of hydrogen-bond donors (Lipinski definition) is 0. The summed E-state index contributed by atoms with van der Waals surface area (Å²) in [6.07, 6.45) is 3.09. The molecule has 17 heavy (non-hydrogen) atoms. The van der Waals surface area contributed by atoms with Crippen molar-refractivity contribution >= 4 is 26.0 Å². The van der Waals surface area contributed by atoms with E-state index in [4.69, 9.17) is 0 Å². The molecule has 0 aromatic heterocycles. The molecule has 0 aliphatic heterocycles. The number of alkyl halides is 1. The van der Waals surface area contributed by atoms with Gasteiger partial charge in [0.05, 0.1) is 4.90 Å². The van der Waals surface area contributed by atoms with Crippen LogP contribution in [-0.2, 0) is 15.4 Å². The van der Waals surface area contributed by atoms with Gasteiger partial charge in [0.2, 0.25) is 10.0 Å². The first-order valence-corrected chi connectivity index (χ1v) is 8.25. The monoisotopic (exact) mass is 317 g/mol. The summed E-state index contributed by atoms with van der Waals surface area (Å²) < 4.78 is 26.1. The highest BCUT2D eigenvalue weighted by molar-refractivity contribution is 9.08. The van der Waals surface area contributed by atoms with E-state index in [0.29, 0.717) is 4.90 Å². The number of hydrogen-bond acceptors (Lipinski definition) is 2. The quantitative estimate of drug-likeness (QED) is 0.801. The summed E-state index contributed by atoms with van der Waals surface area (Å²) >= 11 is 3.35. The molecule has 0 spiro atoms. The first-order chi connectivity index (χ1) is 8.05. The number of halogens is 1. The summed E-state index contributed by atoms with van der Waals surface area (Å²) in [6.45, 7) is 0. The smallest absolute Gasteiger partial charge is 0.207 e. The van der Waals surface area contributed by atoms with Crippen LogP contribution in [0.5, 0.6) is 0 Å². The fourth-order valence-corrected chi connectivity index (χ4v) is 3.65. The molecule has 0 N–H and O–H groups in total. The van der Waals surface area contributed by atoms with Crippen molar-refractivity contribution in [3.63, 3.8) is 0 Å². The van der Waals surface area contributed by atoms with Crippen LogP contribution >= 0.6 is 15.9 Å². The predicted octanol–water partition coefficient (Wildman–Crippen LogP) is 2.75. The number of rotatable bonds is 4. The number of nitrogens with zero attached hydrogens (tertiary/aromatic N) is 1. The molecular weight excluding hydrogens is 302 g/mol. The van der Waals surface area contributed by atoms with Gasteiger partial charge < -0.3 is 0 Å². The van der Waals surface area contributed by atoms with Gasteiger partial charge in [0.25, 0.3) is 0 Å². The van der Waals surface area contributed by atoms with Crippen LogP contribution in [0.4, 0.5) is 0 Å². The second-order valence-corrected chi connectivity index (χ2v) is 6.94. The summed E-state index contributed by atoms with van der Waals surface area (Å²) in [5.41, 5.74) is 1.08. The van der Waals surface area contributed by atoms with E-state index in [1.165, 1.54) is 4.31 Å².